The van der Waals surface area contributed by atoms with Crippen molar-refractivity contribution in [3.8, 4) is 5.69 Å². The number of hydrogen-bond donors (Lipinski definition) is 0. The third-order valence-corrected chi connectivity index (χ3v) is 5.61. The summed E-state index contributed by atoms with van der Waals surface area (Å²) in [5.41, 5.74) is 3.41. The molecule has 0 amide bonds. The Kier molecular flexibility index (Phi) is 4.51. The van der Waals surface area contributed by atoms with Gasteiger partial charge in [-0.05, 0) is 56.5 Å². The molecule has 1 aromatic carbocycles. The number of nitrogens with zero attached hydrogens (tertiary/aromatic N) is 5. The van der Waals surface area contributed by atoms with Crippen LogP contribution in [0.15, 0.2) is 47.6 Å². The summed E-state index contributed by atoms with van der Waals surface area (Å²) in [7, 11) is 0. The summed E-state index contributed by atoms with van der Waals surface area (Å²) in [6, 6.07) is 11.3. The van der Waals surface area contributed by atoms with Gasteiger partial charge in [-0.25, -0.2) is 0 Å². The van der Waals surface area contributed by atoms with E-state index >= 15 is 0 Å². The number of aliphatic imine (C=N–C) groups is 1. The van der Waals surface area contributed by atoms with Gasteiger partial charge in [0.15, 0.2) is 5.82 Å². The van der Waals surface area contributed by atoms with Crippen molar-refractivity contribution >= 4 is 23.1 Å². The maximum absolute atomic E-state index is 11.7. The van der Waals surface area contributed by atoms with E-state index in [9.17, 15) is 4.79 Å². The van der Waals surface area contributed by atoms with Crippen molar-refractivity contribution < 1.29 is 4.79 Å². The molecular formula is C22H20ClN5O. The first kappa shape index (κ1) is 18.2. The van der Waals surface area contributed by atoms with Gasteiger partial charge in [0.25, 0.3) is 0 Å². The zero-order chi connectivity index (χ0) is 20.0. The monoisotopic (exact) mass is 405 g/mol. The van der Waals surface area contributed by atoms with Crippen LogP contribution < -0.4 is 0 Å². The van der Waals surface area contributed by atoms with Crippen molar-refractivity contribution in [3.05, 3.63) is 70.5 Å². The molecule has 29 heavy (non-hydrogen) atoms. The molecule has 1 atom stereocenters. The lowest BCUT2D eigenvalue weighted by molar-refractivity contribution is -0.117. The third kappa shape index (κ3) is 3.38. The molecule has 1 saturated carbocycles. The number of hydrogen-bond acceptors (Lipinski definition) is 5. The van der Waals surface area contributed by atoms with Crippen molar-refractivity contribution in [3.63, 3.8) is 0 Å². The lowest BCUT2D eigenvalue weighted by Crippen LogP contribution is -2.10. The number of pyridine rings is 1. The summed E-state index contributed by atoms with van der Waals surface area (Å²) < 4.78 is 2.13. The molecular weight excluding hydrogens is 386 g/mol. The van der Waals surface area contributed by atoms with Crippen LogP contribution in [-0.4, -0.2) is 31.2 Å². The summed E-state index contributed by atoms with van der Waals surface area (Å²) in [4.78, 5) is 21.3. The smallest absolute Gasteiger partial charge is 0.162 e. The van der Waals surface area contributed by atoms with E-state index in [4.69, 9.17) is 16.6 Å². The second-order valence-corrected chi connectivity index (χ2v) is 8.07. The standard InChI is InChI=1S/C22H20ClN5O/c1-13(29)5-9-18-22-27-26-21(14-6-7-14)28(22)19-10-8-15(23)12-16(19)20(25-18)17-4-2-3-11-24-17/h2-4,8,10-12,14,18H,5-7,9H2,1H3/t18-/m0/s1. The minimum absolute atomic E-state index is 0.137. The van der Waals surface area contributed by atoms with Crippen molar-refractivity contribution in [2.75, 3.05) is 0 Å². The van der Waals surface area contributed by atoms with E-state index < -0.39 is 0 Å². The summed E-state index contributed by atoms with van der Waals surface area (Å²) in [6.07, 6.45) is 5.01. The van der Waals surface area contributed by atoms with E-state index in [0.29, 0.717) is 23.8 Å². The molecule has 3 aromatic rings. The van der Waals surface area contributed by atoms with Gasteiger partial charge in [0.1, 0.15) is 17.6 Å². The van der Waals surface area contributed by atoms with Gasteiger partial charge in [-0.1, -0.05) is 17.7 Å². The number of carbonyl (C=O) groups is 1. The van der Waals surface area contributed by atoms with Crippen molar-refractivity contribution in [1.29, 1.82) is 0 Å². The fraction of sp³-hybridized carbons (Fsp3) is 0.318. The van der Waals surface area contributed by atoms with Crippen LogP contribution in [0.4, 0.5) is 0 Å². The molecule has 7 heteroatoms. The largest absolute Gasteiger partial charge is 0.300 e. The van der Waals surface area contributed by atoms with Crippen LogP contribution in [-0.2, 0) is 4.79 Å². The number of ketones is 1. The Morgan fingerprint density at radius 3 is 2.72 bits per heavy atom. The first-order valence-electron chi connectivity index (χ1n) is 9.86. The molecule has 0 bridgehead atoms. The lowest BCUT2D eigenvalue weighted by atomic mass is 10.0. The highest BCUT2D eigenvalue weighted by Gasteiger charge is 2.35. The fourth-order valence-corrected chi connectivity index (χ4v) is 3.97. The van der Waals surface area contributed by atoms with Crippen LogP contribution in [0, 0.1) is 0 Å². The van der Waals surface area contributed by atoms with Crippen LogP contribution in [0.1, 0.15) is 67.5 Å². The summed E-state index contributed by atoms with van der Waals surface area (Å²) in [6.45, 7) is 1.61. The Morgan fingerprint density at radius 1 is 1.17 bits per heavy atom. The van der Waals surface area contributed by atoms with Crippen LogP contribution in [0.2, 0.25) is 5.02 Å². The SMILES string of the molecule is CC(=O)CC[C@@H]1N=C(c2ccccn2)c2cc(Cl)ccc2-n2c(C3CC3)nnc21. The minimum Gasteiger partial charge on any atom is -0.300 e. The average Bonchev–Trinajstić information content (AvgIpc) is 3.49. The van der Waals surface area contributed by atoms with Crippen LogP contribution in [0.3, 0.4) is 0 Å². The van der Waals surface area contributed by atoms with E-state index in [-0.39, 0.29) is 11.8 Å². The maximum Gasteiger partial charge on any atom is 0.162 e. The topological polar surface area (TPSA) is 73.0 Å². The lowest BCUT2D eigenvalue weighted by Gasteiger charge is -2.14. The molecule has 5 rings (SSSR count). The Labute approximate surface area is 173 Å². The Morgan fingerprint density at radius 2 is 2.00 bits per heavy atom. The highest BCUT2D eigenvalue weighted by atomic mass is 35.5. The van der Waals surface area contributed by atoms with E-state index in [0.717, 1.165) is 47.1 Å². The molecule has 3 heterocycles. The van der Waals surface area contributed by atoms with Crippen molar-refractivity contribution in [2.45, 2.75) is 44.6 Å². The van der Waals surface area contributed by atoms with Gasteiger partial charge in [-0.15, -0.1) is 10.2 Å². The Balaban J connectivity index is 1.75. The number of aromatic nitrogens is 4. The van der Waals surface area contributed by atoms with Gasteiger partial charge >= 0.3 is 0 Å². The Hall–Kier alpha value is -2.86. The van der Waals surface area contributed by atoms with Gasteiger partial charge in [0, 0.05) is 29.1 Å². The summed E-state index contributed by atoms with van der Waals surface area (Å²) >= 11 is 6.38. The second-order valence-electron chi connectivity index (χ2n) is 7.64. The van der Waals surface area contributed by atoms with Crippen LogP contribution >= 0.6 is 11.6 Å². The van der Waals surface area contributed by atoms with E-state index in [2.05, 4.69) is 19.7 Å². The predicted molar refractivity (Wildman–Crippen MR) is 111 cm³/mol. The van der Waals surface area contributed by atoms with Crippen LogP contribution in [0.5, 0.6) is 0 Å². The first-order chi connectivity index (χ1) is 14.1. The number of benzene rings is 1. The van der Waals surface area contributed by atoms with Crippen molar-refractivity contribution in [2.24, 2.45) is 4.99 Å². The van der Waals surface area contributed by atoms with Crippen LogP contribution in [0.25, 0.3) is 5.69 Å². The van der Waals surface area contributed by atoms with Gasteiger partial charge in [0.05, 0.1) is 17.1 Å². The number of halogens is 1. The normalized spacial score (nSPS) is 17.9. The molecule has 1 aliphatic carbocycles. The van der Waals surface area contributed by atoms with Gasteiger partial charge in [-0.3, -0.25) is 14.5 Å². The van der Waals surface area contributed by atoms with E-state index in [1.54, 1.807) is 13.1 Å². The van der Waals surface area contributed by atoms with Gasteiger partial charge < -0.3 is 4.79 Å². The third-order valence-electron chi connectivity index (χ3n) is 5.37. The average molecular weight is 406 g/mol. The molecule has 0 N–H and O–H groups in total. The zero-order valence-corrected chi connectivity index (χ0v) is 16.8. The summed E-state index contributed by atoms with van der Waals surface area (Å²) in [5, 5.41) is 9.67. The summed E-state index contributed by atoms with van der Waals surface area (Å²) in [5.74, 6) is 2.30. The van der Waals surface area contributed by atoms with Gasteiger partial charge in [0.2, 0.25) is 0 Å². The number of Topliss-reactive ketones (excluding diaryl/α,β-unsaturated/α-hetero) is 1. The van der Waals surface area contributed by atoms with E-state index in [1.165, 1.54) is 0 Å². The molecule has 0 unspecified atom stereocenters. The van der Waals surface area contributed by atoms with Crippen molar-refractivity contribution in [1.82, 2.24) is 19.7 Å². The predicted octanol–water partition coefficient (Wildman–Crippen LogP) is 4.45. The molecule has 1 fully saturated rings. The maximum atomic E-state index is 11.7. The second kappa shape index (κ2) is 7.19. The molecule has 0 radical (unpaired) electrons. The minimum atomic E-state index is -0.276. The number of rotatable bonds is 5. The molecule has 0 saturated heterocycles. The molecule has 0 spiro atoms. The molecule has 6 nitrogen and oxygen atoms in total. The molecule has 1 aliphatic heterocycles. The Bertz CT molecular complexity index is 1120. The quantitative estimate of drug-likeness (QED) is 0.628. The highest BCUT2D eigenvalue weighted by molar-refractivity contribution is 6.31. The molecule has 146 valence electrons. The zero-order valence-electron chi connectivity index (χ0n) is 16.0. The number of carbonyl (C=O) groups excluding carboxylic acids is 1. The first-order valence-corrected chi connectivity index (χ1v) is 10.2. The molecule has 2 aromatic heterocycles. The molecule has 2 aliphatic rings. The van der Waals surface area contributed by atoms with Gasteiger partial charge in [-0.2, -0.15) is 0 Å². The fourth-order valence-electron chi connectivity index (χ4n) is 3.79. The number of fused-ring (bicyclic) bond motifs is 3. The van der Waals surface area contributed by atoms with E-state index in [1.807, 2.05) is 36.4 Å². The highest BCUT2D eigenvalue weighted by Crippen LogP contribution is 2.43.